The smallest absolute Gasteiger partial charge is 0.140 e. The molecule has 2 fully saturated rings. The van der Waals surface area contributed by atoms with Gasteiger partial charge >= 0.3 is 0 Å². The summed E-state index contributed by atoms with van der Waals surface area (Å²) < 4.78 is 33.6. The zero-order valence-electron chi connectivity index (χ0n) is 11.5. The number of ether oxygens (including phenoxy) is 1. The fourth-order valence-corrected chi connectivity index (χ4v) is 3.52. The number of rotatable bonds is 5. The van der Waals surface area contributed by atoms with Crippen molar-refractivity contribution >= 4 is 11.8 Å². The van der Waals surface area contributed by atoms with E-state index in [4.69, 9.17) is 4.74 Å². The van der Waals surface area contributed by atoms with E-state index < -0.39 is 11.6 Å². The van der Waals surface area contributed by atoms with Crippen LogP contribution in [0.4, 0.5) is 8.78 Å². The zero-order valence-corrected chi connectivity index (χ0v) is 12.3. The van der Waals surface area contributed by atoms with Crippen molar-refractivity contribution in [1.82, 2.24) is 5.32 Å². The van der Waals surface area contributed by atoms with Crippen molar-refractivity contribution in [2.45, 2.75) is 55.0 Å². The SMILES string of the molecule is CC1OCCC1Sc1c(F)cc(CNC2CC2)cc1F. The Balaban J connectivity index is 1.70. The van der Waals surface area contributed by atoms with Gasteiger partial charge < -0.3 is 10.1 Å². The van der Waals surface area contributed by atoms with Gasteiger partial charge in [0, 0.05) is 24.4 Å². The first-order valence-corrected chi connectivity index (χ1v) is 8.01. The van der Waals surface area contributed by atoms with E-state index in [1.165, 1.54) is 36.7 Å². The molecule has 2 aliphatic rings. The number of hydrogen-bond acceptors (Lipinski definition) is 3. The molecule has 1 N–H and O–H groups in total. The molecular formula is C15H19F2NOS. The molecule has 1 aliphatic heterocycles. The van der Waals surface area contributed by atoms with E-state index in [9.17, 15) is 8.78 Å². The zero-order chi connectivity index (χ0) is 14.1. The van der Waals surface area contributed by atoms with Gasteiger partial charge in [0.25, 0.3) is 0 Å². The predicted molar refractivity (Wildman–Crippen MR) is 75.9 cm³/mol. The maximum atomic E-state index is 14.1. The first-order chi connectivity index (χ1) is 9.63. The van der Waals surface area contributed by atoms with Gasteiger partial charge in [-0.2, -0.15) is 0 Å². The van der Waals surface area contributed by atoms with Gasteiger partial charge in [-0.25, -0.2) is 8.78 Å². The molecule has 0 amide bonds. The highest BCUT2D eigenvalue weighted by atomic mass is 32.2. The minimum absolute atomic E-state index is 0.0509. The van der Waals surface area contributed by atoms with Crippen LogP contribution in [0.2, 0.25) is 0 Å². The molecule has 1 saturated heterocycles. The first-order valence-electron chi connectivity index (χ1n) is 7.13. The van der Waals surface area contributed by atoms with Gasteiger partial charge in [0.2, 0.25) is 0 Å². The fraction of sp³-hybridized carbons (Fsp3) is 0.600. The summed E-state index contributed by atoms with van der Waals surface area (Å²) in [6.07, 6.45) is 3.22. The third-order valence-electron chi connectivity index (χ3n) is 3.81. The van der Waals surface area contributed by atoms with Crippen LogP contribution in [0.1, 0.15) is 31.7 Å². The predicted octanol–water partition coefficient (Wildman–Crippen LogP) is 3.49. The molecule has 0 aromatic heterocycles. The van der Waals surface area contributed by atoms with Gasteiger partial charge in [0.1, 0.15) is 11.6 Å². The van der Waals surface area contributed by atoms with E-state index in [0.717, 1.165) is 6.42 Å². The lowest BCUT2D eigenvalue weighted by Gasteiger charge is -2.15. The van der Waals surface area contributed by atoms with Crippen LogP contribution in [0.25, 0.3) is 0 Å². The van der Waals surface area contributed by atoms with Crippen LogP contribution in [-0.4, -0.2) is 24.0 Å². The molecule has 1 aromatic carbocycles. The molecule has 5 heteroatoms. The topological polar surface area (TPSA) is 21.3 Å². The molecule has 2 unspecified atom stereocenters. The van der Waals surface area contributed by atoms with Crippen LogP contribution in [0.15, 0.2) is 17.0 Å². The second-order valence-electron chi connectivity index (χ2n) is 5.56. The third-order valence-corrected chi connectivity index (χ3v) is 5.35. The van der Waals surface area contributed by atoms with Crippen molar-refractivity contribution in [3.63, 3.8) is 0 Å². The molecule has 1 aliphatic carbocycles. The quantitative estimate of drug-likeness (QED) is 0.899. The Labute approximate surface area is 122 Å². The van der Waals surface area contributed by atoms with Crippen molar-refractivity contribution < 1.29 is 13.5 Å². The van der Waals surface area contributed by atoms with E-state index in [1.54, 1.807) is 0 Å². The molecule has 1 heterocycles. The molecule has 1 aromatic rings. The molecule has 0 bridgehead atoms. The molecule has 0 radical (unpaired) electrons. The van der Waals surface area contributed by atoms with E-state index >= 15 is 0 Å². The van der Waals surface area contributed by atoms with Gasteiger partial charge in [-0.3, -0.25) is 0 Å². The van der Waals surface area contributed by atoms with E-state index in [2.05, 4.69) is 5.32 Å². The number of hydrogen-bond donors (Lipinski definition) is 1. The summed E-state index contributed by atoms with van der Waals surface area (Å²) in [6.45, 7) is 3.16. The Hall–Kier alpha value is -0.650. The van der Waals surface area contributed by atoms with Gasteiger partial charge in [-0.15, -0.1) is 11.8 Å². The van der Waals surface area contributed by atoms with Crippen molar-refractivity contribution in [3.05, 3.63) is 29.3 Å². The Morgan fingerprint density at radius 2 is 1.95 bits per heavy atom. The van der Waals surface area contributed by atoms with Gasteiger partial charge in [-0.1, -0.05) is 0 Å². The molecular weight excluding hydrogens is 280 g/mol. The molecule has 3 rings (SSSR count). The standard InChI is InChI=1S/C15H19F2NOS/c1-9-14(4-5-19-9)20-15-12(16)6-10(7-13(15)17)8-18-11-2-3-11/h6-7,9,11,14,18H,2-5,8H2,1H3. The minimum Gasteiger partial charge on any atom is -0.377 e. The molecule has 2 nitrogen and oxygen atoms in total. The number of thioether (sulfide) groups is 1. The van der Waals surface area contributed by atoms with Gasteiger partial charge in [0.15, 0.2) is 0 Å². The third kappa shape index (κ3) is 3.32. The highest BCUT2D eigenvalue weighted by molar-refractivity contribution is 8.00. The lowest BCUT2D eigenvalue weighted by atomic mass is 10.2. The summed E-state index contributed by atoms with van der Waals surface area (Å²) in [6, 6.07) is 3.43. The number of benzene rings is 1. The lowest BCUT2D eigenvalue weighted by Crippen LogP contribution is -2.16. The average Bonchev–Trinajstić information content (AvgIpc) is 3.15. The molecule has 1 saturated carbocycles. The van der Waals surface area contributed by atoms with Gasteiger partial charge in [-0.05, 0) is 43.9 Å². The lowest BCUT2D eigenvalue weighted by molar-refractivity contribution is 0.127. The summed E-state index contributed by atoms with van der Waals surface area (Å²) in [5, 5.41) is 3.40. The van der Waals surface area contributed by atoms with Crippen molar-refractivity contribution in [2.75, 3.05) is 6.61 Å². The van der Waals surface area contributed by atoms with Gasteiger partial charge in [0.05, 0.1) is 11.0 Å². The molecule has 20 heavy (non-hydrogen) atoms. The summed E-state index contributed by atoms with van der Waals surface area (Å²) in [7, 11) is 0. The Morgan fingerprint density at radius 3 is 2.50 bits per heavy atom. The molecule has 2 atom stereocenters. The number of halogens is 2. The van der Waals surface area contributed by atoms with E-state index in [-0.39, 0.29) is 16.2 Å². The second-order valence-corrected chi connectivity index (χ2v) is 6.81. The Kier molecular flexibility index (Phi) is 4.29. The first kappa shape index (κ1) is 14.3. The summed E-state index contributed by atoms with van der Waals surface area (Å²) in [5.74, 6) is -0.914. The van der Waals surface area contributed by atoms with E-state index in [0.29, 0.717) is 24.8 Å². The van der Waals surface area contributed by atoms with Crippen molar-refractivity contribution in [2.24, 2.45) is 0 Å². The van der Waals surface area contributed by atoms with Crippen LogP contribution < -0.4 is 5.32 Å². The van der Waals surface area contributed by atoms with Crippen LogP contribution in [0.3, 0.4) is 0 Å². The van der Waals surface area contributed by atoms with Crippen LogP contribution in [0.5, 0.6) is 0 Å². The monoisotopic (exact) mass is 299 g/mol. The van der Waals surface area contributed by atoms with Crippen LogP contribution >= 0.6 is 11.8 Å². The maximum Gasteiger partial charge on any atom is 0.140 e. The molecule has 0 spiro atoms. The summed E-state index contributed by atoms with van der Waals surface area (Å²) >= 11 is 1.26. The Bertz CT molecular complexity index is 470. The van der Waals surface area contributed by atoms with Crippen LogP contribution in [-0.2, 0) is 11.3 Å². The van der Waals surface area contributed by atoms with Crippen LogP contribution in [0, 0.1) is 11.6 Å². The largest absolute Gasteiger partial charge is 0.377 e. The highest BCUT2D eigenvalue weighted by Gasteiger charge is 2.28. The molecule has 110 valence electrons. The van der Waals surface area contributed by atoms with E-state index in [1.807, 2.05) is 6.92 Å². The summed E-state index contributed by atoms with van der Waals surface area (Å²) in [4.78, 5) is 0.127. The maximum absolute atomic E-state index is 14.1. The summed E-state index contributed by atoms with van der Waals surface area (Å²) in [5.41, 5.74) is 0.673. The minimum atomic E-state index is -0.457. The average molecular weight is 299 g/mol. The van der Waals surface area contributed by atoms with Crippen molar-refractivity contribution in [1.29, 1.82) is 0 Å². The fourth-order valence-electron chi connectivity index (χ4n) is 2.39. The van der Waals surface area contributed by atoms with Crippen molar-refractivity contribution in [3.8, 4) is 0 Å². The number of nitrogens with one attached hydrogen (secondary N) is 1. The Morgan fingerprint density at radius 1 is 1.25 bits per heavy atom. The second kappa shape index (κ2) is 6.00. The normalized spacial score (nSPS) is 26.1. The highest BCUT2D eigenvalue weighted by Crippen LogP contribution is 2.36.